The molecule has 0 radical (unpaired) electrons. The van der Waals surface area contributed by atoms with Crippen LogP contribution in [0.3, 0.4) is 0 Å². The molecule has 0 N–H and O–H groups in total. The molecular weight excluding hydrogens is 1110 g/mol. The molecule has 0 aromatic heterocycles. The molecule has 8 atom stereocenters. The lowest BCUT2D eigenvalue weighted by Crippen LogP contribution is -2.36. The highest BCUT2D eigenvalue weighted by Gasteiger charge is 2.38. The Labute approximate surface area is 384 Å². The quantitative estimate of drug-likeness (QED) is 0.0990. The Morgan fingerprint density at radius 2 is 1.02 bits per heavy atom. The second kappa shape index (κ2) is 22.3. The molecule has 8 nitrogen and oxygen atoms in total. The third-order valence-corrected chi connectivity index (χ3v) is 17.6. The van der Waals surface area contributed by atoms with Crippen LogP contribution >= 0.6 is 95.6 Å². The second-order valence-corrected chi connectivity index (χ2v) is 21.6. The molecule has 2 fully saturated rings. The van der Waals surface area contributed by atoms with Gasteiger partial charge in [-0.25, -0.2) is 9.59 Å². The highest BCUT2D eigenvalue weighted by Crippen LogP contribution is 2.55. The van der Waals surface area contributed by atoms with Gasteiger partial charge in [-0.05, 0) is 129 Å². The van der Waals surface area contributed by atoms with Crippen LogP contribution in [0.1, 0.15) is 91.2 Å². The minimum Gasteiger partial charge on any atom is -0.493 e. The van der Waals surface area contributed by atoms with E-state index in [9.17, 15) is 9.59 Å². The van der Waals surface area contributed by atoms with Gasteiger partial charge >= 0.3 is 12.3 Å². The summed E-state index contributed by atoms with van der Waals surface area (Å²) >= 11 is 22.6. The summed E-state index contributed by atoms with van der Waals surface area (Å²) in [4.78, 5) is 28.1. The minimum absolute atomic E-state index is 0.0595. The van der Waals surface area contributed by atoms with Crippen LogP contribution in [0.15, 0.2) is 21.1 Å². The van der Waals surface area contributed by atoms with Crippen molar-refractivity contribution >= 4 is 108 Å². The highest BCUT2D eigenvalue weighted by atomic mass is 79.9. The summed E-state index contributed by atoms with van der Waals surface area (Å²) in [6.45, 7) is 13.0. The van der Waals surface area contributed by atoms with Crippen LogP contribution < -0.4 is 18.9 Å². The summed E-state index contributed by atoms with van der Waals surface area (Å²) in [6.07, 6.45) is 4.54. The van der Waals surface area contributed by atoms with Gasteiger partial charge in [0.15, 0.2) is 23.0 Å². The summed E-state index contributed by atoms with van der Waals surface area (Å²) in [5.74, 6) is 2.77. The van der Waals surface area contributed by atoms with Gasteiger partial charge < -0.3 is 28.4 Å². The third kappa shape index (κ3) is 12.3. The summed E-state index contributed by atoms with van der Waals surface area (Å²) in [7, 11) is 3.07. The summed E-state index contributed by atoms with van der Waals surface area (Å²) in [5, 5.41) is 1.37. The lowest BCUT2D eigenvalue weighted by Gasteiger charge is -2.36. The van der Waals surface area contributed by atoms with Gasteiger partial charge in [-0.15, -0.1) is 0 Å². The molecule has 2 aliphatic rings. The molecule has 0 heterocycles. The average molecular weight is 1170 g/mol. The summed E-state index contributed by atoms with van der Waals surface area (Å²) in [6, 6.07) is 3.71. The zero-order valence-electron chi connectivity index (χ0n) is 33.5. The van der Waals surface area contributed by atoms with Crippen molar-refractivity contribution in [2.45, 2.75) is 115 Å². The molecule has 4 rings (SSSR count). The Morgan fingerprint density at radius 3 is 1.32 bits per heavy atom. The smallest absolute Gasteiger partial charge is 0.493 e. The molecule has 0 aliphatic heterocycles. The first-order valence-corrected chi connectivity index (χ1v) is 25.1. The fraction of sp³-hybridized carbons (Fsp3) is 0.667. The largest absolute Gasteiger partial charge is 0.514 e. The number of alkyl halides is 4. The first kappa shape index (κ1) is 48.1. The van der Waals surface area contributed by atoms with Gasteiger partial charge in [-0.1, -0.05) is 118 Å². The van der Waals surface area contributed by atoms with Crippen LogP contribution in [0, 0.1) is 35.5 Å². The van der Waals surface area contributed by atoms with Gasteiger partial charge in [0.1, 0.15) is 12.2 Å². The van der Waals surface area contributed by atoms with Crippen LogP contribution in [-0.2, 0) is 22.3 Å². The van der Waals surface area contributed by atoms with Gasteiger partial charge in [-0.2, -0.15) is 0 Å². The number of ether oxygens (including phenoxy) is 6. The van der Waals surface area contributed by atoms with Crippen molar-refractivity contribution in [3.63, 3.8) is 0 Å². The number of hydrogen-bond donors (Lipinski definition) is 0. The van der Waals surface area contributed by atoms with Crippen molar-refractivity contribution in [2.24, 2.45) is 35.5 Å². The Kier molecular flexibility index (Phi) is 19.2. The van der Waals surface area contributed by atoms with E-state index in [0.717, 1.165) is 49.7 Å². The molecular formula is C42H56Br6O8. The van der Waals surface area contributed by atoms with Gasteiger partial charge in [0.25, 0.3) is 0 Å². The fourth-order valence-corrected chi connectivity index (χ4v) is 10.6. The maximum Gasteiger partial charge on any atom is 0.514 e. The van der Waals surface area contributed by atoms with E-state index in [1.807, 2.05) is 12.1 Å². The van der Waals surface area contributed by atoms with Crippen molar-refractivity contribution in [1.82, 2.24) is 0 Å². The zero-order chi connectivity index (χ0) is 41.4. The van der Waals surface area contributed by atoms with E-state index in [1.54, 1.807) is 0 Å². The molecule has 6 unspecified atom stereocenters. The van der Waals surface area contributed by atoms with Crippen molar-refractivity contribution in [1.29, 1.82) is 0 Å². The molecule has 2 saturated carbocycles. The topological polar surface area (TPSA) is 89.5 Å². The van der Waals surface area contributed by atoms with E-state index in [2.05, 4.69) is 137 Å². The lowest BCUT2D eigenvalue weighted by molar-refractivity contribution is -0.0148. The second-order valence-electron chi connectivity index (χ2n) is 16.1. The Bertz CT molecular complexity index is 1530. The van der Waals surface area contributed by atoms with Crippen molar-refractivity contribution in [3.8, 4) is 34.1 Å². The van der Waals surface area contributed by atoms with E-state index in [-0.39, 0.29) is 45.2 Å². The fourth-order valence-electron chi connectivity index (χ4n) is 8.14. The van der Waals surface area contributed by atoms with Crippen LogP contribution in [0.2, 0.25) is 0 Å². The Morgan fingerprint density at radius 1 is 0.661 bits per heavy atom. The number of carbonyl (C=O) groups is 2. The third-order valence-electron chi connectivity index (χ3n) is 11.2. The van der Waals surface area contributed by atoms with E-state index >= 15 is 0 Å². The SMILES string of the molecule is COc1cc(C[C@@H](Br)CBr)c(Br)c(-c2c(Br)c(C[C@@H](Br)CBr)cc(OC)c2OC(=O)OC2CC(C)CCC2C(C)C)c1OC(=O)OC1CC(C)CCC1C(C)C. The number of methoxy groups -OCH3 is 2. The molecule has 56 heavy (non-hydrogen) atoms. The Balaban J connectivity index is 1.94. The molecule has 314 valence electrons. The summed E-state index contributed by atoms with van der Waals surface area (Å²) in [5.41, 5.74) is 2.57. The molecule has 0 spiro atoms. The normalized spacial score (nSPS) is 23.7. The lowest BCUT2D eigenvalue weighted by atomic mass is 9.75. The van der Waals surface area contributed by atoms with E-state index in [1.165, 1.54) is 14.2 Å². The molecule has 0 bridgehead atoms. The first-order chi connectivity index (χ1) is 26.5. The number of halogens is 6. The van der Waals surface area contributed by atoms with Gasteiger partial charge in [0, 0.05) is 40.4 Å². The number of hydrogen-bond acceptors (Lipinski definition) is 8. The Hall–Kier alpha value is -0.540. The molecule has 2 aliphatic carbocycles. The molecule has 0 saturated heterocycles. The van der Waals surface area contributed by atoms with Crippen LogP contribution in [0.5, 0.6) is 23.0 Å². The molecule has 2 aromatic carbocycles. The first-order valence-electron chi connectivity index (χ1n) is 19.5. The van der Waals surface area contributed by atoms with Crippen LogP contribution in [0.25, 0.3) is 11.1 Å². The van der Waals surface area contributed by atoms with Crippen molar-refractivity contribution in [2.75, 3.05) is 24.9 Å². The van der Waals surface area contributed by atoms with Crippen molar-refractivity contribution in [3.05, 3.63) is 32.2 Å². The van der Waals surface area contributed by atoms with Crippen LogP contribution in [0.4, 0.5) is 9.59 Å². The predicted octanol–water partition coefficient (Wildman–Crippen LogP) is 14.2. The van der Waals surface area contributed by atoms with E-state index < -0.39 is 12.3 Å². The van der Waals surface area contributed by atoms with E-state index in [0.29, 0.717) is 78.7 Å². The number of rotatable bonds is 15. The number of carbonyl (C=O) groups excluding carboxylic acids is 2. The minimum atomic E-state index is -0.833. The average Bonchev–Trinajstić information content (AvgIpc) is 3.14. The zero-order valence-corrected chi connectivity index (χ0v) is 43.0. The predicted molar refractivity (Wildman–Crippen MR) is 245 cm³/mol. The molecule has 0 amide bonds. The van der Waals surface area contributed by atoms with E-state index in [4.69, 9.17) is 28.4 Å². The van der Waals surface area contributed by atoms with Gasteiger partial charge in [-0.3, -0.25) is 0 Å². The van der Waals surface area contributed by atoms with Gasteiger partial charge in [0.05, 0.1) is 14.2 Å². The van der Waals surface area contributed by atoms with Crippen LogP contribution in [-0.4, -0.2) is 59.1 Å². The summed E-state index contributed by atoms with van der Waals surface area (Å²) < 4.78 is 38.1. The number of benzene rings is 2. The monoisotopic (exact) mass is 1160 g/mol. The van der Waals surface area contributed by atoms with Crippen molar-refractivity contribution < 1.29 is 38.0 Å². The maximum absolute atomic E-state index is 14.0. The van der Waals surface area contributed by atoms with Gasteiger partial charge in [0.2, 0.25) is 0 Å². The standard InChI is InChI=1S/C42H56Br6O8/c1-21(2)29-11-9-23(5)13-31(29)53-41(49)55-39-33(51-7)17-25(15-27(45)19-43)37(47)35(39)36-38(48)26(16-28(46)20-44)18-34(52-8)40(36)56-42(50)54-32-14-24(6)10-12-30(32)22(3)4/h17-18,21-24,27-32H,9-16,19-20H2,1-8H3/t23?,24?,27-,28-,29?,30?,31?,32?/m1/s1. The maximum atomic E-state index is 14.0. The molecule has 2 aromatic rings. The highest BCUT2D eigenvalue weighted by molar-refractivity contribution is 9.12. The molecule has 14 heteroatoms.